The smallest absolute Gasteiger partial charge is 0.335 e. The van der Waals surface area contributed by atoms with Gasteiger partial charge in [0.2, 0.25) is 5.62 Å². The van der Waals surface area contributed by atoms with Crippen LogP contribution in [0.1, 0.15) is 18.9 Å². The Morgan fingerprint density at radius 2 is 2.06 bits per heavy atom. The Morgan fingerprint density at radius 1 is 1.28 bits per heavy atom. The summed E-state index contributed by atoms with van der Waals surface area (Å²) in [6, 6.07) is 5.78. The molecule has 2 atom stereocenters. The predicted molar refractivity (Wildman–Crippen MR) is 131 cm³/mol. The van der Waals surface area contributed by atoms with Crippen LogP contribution < -0.4 is 27.6 Å². The van der Waals surface area contributed by atoms with Gasteiger partial charge in [0.15, 0.2) is 6.23 Å². The van der Waals surface area contributed by atoms with E-state index in [1.54, 1.807) is 32.2 Å². The lowest BCUT2D eigenvalue weighted by Gasteiger charge is -2.25. The number of carbonyl (C=O) groups is 1. The molecule has 0 bridgehead atoms. The van der Waals surface area contributed by atoms with Crippen molar-refractivity contribution in [3.05, 3.63) is 86.2 Å². The molecule has 2 unspecified atom stereocenters. The standard InChI is InChI=1S/C24H28FN7O4/c1-3-31-23(34)30-22(32(24(31)35)14-15-4-6-16(25)7-5-15)28-17-8-10-18(11-9-17)36-20-13-27-12-19(29-20)21(33)26-2/h4-10,18,20,27H,3,11-14H2,1-2H3,(H,26,33)(H,28,30,34). The normalized spacial score (nSPS) is 20.1. The van der Waals surface area contributed by atoms with E-state index in [0.717, 1.165) is 4.57 Å². The lowest BCUT2D eigenvalue weighted by atomic mass is 10.1. The second kappa shape index (κ2) is 11.2. The van der Waals surface area contributed by atoms with Crippen molar-refractivity contribution in [3.8, 4) is 0 Å². The summed E-state index contributed by atoms with van der Waals surface area (Å²) in [5.41, 5.74) is 0.627. The molecular weight excluding hydrogens is 469 g/mol. The Morgan fingerprint density at radius 3 is 2.72 bits per heavy atom. The first-order valence-electron chi connectivity index (χ1n) is 11.6. The number of halogens is 1. The highest BCUT2D eigenvalue weighted by Gasteiger charge is 2.22. The fourth-order valence-corrected chi connectivity index (χ4v) is 3.87. The zero-order valence-corrected chi connectivity index (χ0v) is 20.0. The summed E-state index contributed by atoms with van der Waals surface area (Å²) in [5, 5.41) is 5.67. The Hall–Kier alpha value is -3.90. The van der Waals surface area contributed by atoms with Gasteiger partial charge in [0.05, 0.1) is 18.3 Å². The van der Waals surface area contributed by atoms with Crippen LogP contribution in [0.5, 0.6) is 0 Å². The third-order valence-corrected chi connectivity index (χ3v) is 5.76. The highest BCUT2D eigenvalue weighted by molar-refractivity contribution is 6.39. The summed E-state index contributed by atoms with van der Waals surface area (Å²) in [7, 11) is 1.55. The second-order valence-electron chi connectivity index (χ2n) is 8.24. The first kappa shape index (κ1) is 25.2. The van der Waals surface area contributed by atoms with Gasteiger partial charge in [0.25, 0.3) is 5.91 Å². The summed E-state index contributed by atoms with van der Waals surface area (Å²) < 4.78 is 21.7. The number of aromatic nitrogens is 3. The van der Waals surface area contributed by atoms with E-state index < -0.39 is 17.6 Å². The van der Waals surface area contributed by atoms with Crippen molar-refractivity contribution in [1.29, 1.82) is 0 Å². The van der Waals surface area contributed by atoms with Crippen LogP contribution in [0.15, 0.2) is 67.8 Å². The molecular formula is C24H28FN7O4. The van der Waals surface area contributed by atoms with Crippen LogP contribution >= 0.6 is 0 Å². The summed E-state index contributed by atoms with van der Waals surface area (Å²) in [6.45, 7) is 2.88. The maximum Gasteiger partial charge on any atom is 0.335 e. The Balaban J connectivity index is 1.56. The molecule has 2 aromatic rings. The molecule has 0 fully saturated rings. The topological polar surface area (TPSA) is 135 Å². The van der Waals surface area contributed by atoms with Crippen molar-refractivity contribution in [3.63, 3.8) is 0 Å². The number of allylic oxidation sites excluding steroid dienone is 1. The molecule has 11 nitrogen and oxygen atoms in total. The zero-order valence-electron chi connectivity index (χ0n) is 20.0. The number of aromatic amines is 1. The molecule has 2 aliphatic rings. The number of hydrogen-bond acceptors (Lipinski definition) is 7. The molecule has 1 amide bonds. The van der Waals surface area contributed by atoms with Crippen LogP contribution in [0.3, 0.4) is 0 Å². The summed E-state index contributed by atoms with van der Waals surface area (Å²) in [4.78, 5) is 48.8. The van der Waals surface area contributed by atoms with Crippen molar-refractivity contribution in [2.24, 2.45) is 9.98 Å². The van der Waals surface area contributed by atoms with Gasteiger partial charge in [-0.1, -0.05) is 24.3 Å². The fourth-order valence-electron chi connectivity index (χ4n) is 3.87. The van der Waals surface area contributed by atoms with Crippen LogP contribution in [-0.2, 0) is 22.6 Å². The molecule has 0 saturated carbocycles. The van der Waals surface area contributed by atoms with Crippen LogP contribution in [0.4, 0.5) is 4.39 Å². The van der Waals surface area contributed by atoms with Gasteiger partial charge in [-0.25, -0.2) is 23.5 Å². The van der Waals surface area contributed by atoms with Gasteiger partial charge in [-0.3, -0.25) is 19.3 Å². The zero-order chi connectivity index (χ0) is 25.7. The molecule has 1 aromatic carbocycles. The second-order valence-corrected chi connectivity index (χ2v) is 8.24. The molecule has 12 heteroatoms. The van der Waals surface area contributed by atoms with Crippen molar-refractivity contribution >= 4 is 11.6 Å². The quantitative estimate of drug-likeness (QED) is 0.487. The van der Waals surface area contributed by atoms with Gasteiger partial charge in [-0.05, 0) is 37.1 Å². The van der Waals surface area contributed by atoms with Gasteiger partial charge >= 0.3 is 11.4 Å². The summed E-state index contributed by atoms with van der Waals surface area (Å²) in [6.07, 6.45) is 5.10. The van der Waals surface area contributed by atoms with Gasteiger partial charge in [0.1, 0.15) is 11.5 Å². The molecule has 3 N–H and O–H groups in total. The molecule has 1 aliphatic heterocycles. The van der Waals surface area contributed by atoms with Gasteiger partial charge in [-0.15, -0.1) is 0 Å². The van der Waals surface area contributed by atoms with E-state index in [1.807, 2.05) is 12.2 Å². The van der Waals surface area contributed by atoms with Crippen LogP contribution in [0.2, 0.25) is 0 Å². The van der Waals surface area contributed by atoms with E-state index in [2.05, 4.69) is 25.6 Å². The van der Waals surface area contributed by atoms with Gasteiger partial charge in [0, 0.05) is 26.7 Å². The third-order valence-electron chi connectivity index (χ3n) is 5.76. The molecule has 0 saturated heterocycles. The Kier molecular flexibility index (Phi) is 7.86. The highest BCUT2D eigenvalue weighted by atomic mass is 19.1. The minimum Gasteiger partial charge on any atom is -0.354 e. The van der Waals surface area contributed by atoms with E-state index >= 15 is 0 Å². The number of aliphatic imine (C=N–C) groups is 1. The van der Waals surface area contributed by atoms with Crippen molar-refractivity contribution in [1.82, 2.24) is 24.8 Å². The minimum atomic E-state index is -0.562. The SMILES string of the molecule is CCn1c(=O)[nH]/c(=N\C2=CCC(OC3CNCC(C(=O)NC)=N3)C=C2)n(Cc2ccc(F)cc2)c1=O. The molecule has 2 heterocycles. The maximum atomic E-state index is 13.3. The molecule has 0 radical (unpaired) electrons. The number of ether oxygens (including phenoxy) is 1. The summed E-state index contributed by atoms with van der Waals surface area (Å²) in [5.74, 6) is -0.626. The maximum absolute atomic E-state index is 13.3. The van der Waals surface area contributed by atoms with E-state index in [1.165, 1.54) is 16.7 Å². The van der Waals surface area contributed by atoms with Gasteiger partial charge < -0.3 is 15.4 Å². The lowest BCUT2D eigenvalue weighted by Crippen LogP contribution is -2.49. The number of carbonyl (C=O) groups excluding carboxylic acids is 1. The van der Waals surface area contributed by atoms with Gasteiger partial charge in [-0.2, -0.15) is 0 Å². The number of benzene rings is 1. The number of amides is 1. The monoisotopic (exact) mass is 497 g/mol. The number of H-pyrrole nitrogens is 1. The molecule has 36 heavy (non-hydrogen) atoms. The number of hydrogen-bond donors (Lipinski definition) is 3. The molecule has 1 aliphatic carbocycles. The van der Waals surface area contributed by atoms with E-state index in [9.17, 15) is 18.8 Å². The largest absolute Gasteiger partial charge is 0.354 e. The number of nitrogens with one attached hydrogen (secondary N) is 3. The third kappa shape index (κ3) is 5.83. The fraction of sp³-hybridized carbons (Fsp3) is 0.375. The Labute approximate surface area is 205 Å². The molecule has 0 spiro atoms. The molecule has 4 rings (SSSR count). The number of rotatable bonds is 7. The predicted octanol–water partition coefficient (Wildman–Crippen LogP) is -0.209. The molecule has 190 valence electrons. The van der Waals surface area contributed by atoms with Crippen molar-refractivity contribution in [2.75, 3.05) is 20.1 Å². The minimum absolute atomic E-state index is 0.0885. The first-order valence-corrected chi connectivity index (χ1v) is 11.6. The highest BCUT2D eigenvalue weighted by Crippen LogP contribution is 2.16. The number of nitrogens with zero attached hydrogens (tertiary/aromatic N) is 4. The average molecular weight is 498 g/mol. The van der Waals surface area contributed by atoms with Crippen LogP contribution in [-0.4, -0.2) is 58.2 Å². The van der Waals surface area contributed by atoms with Crippen LogP contribution in [0, 0.1) is 5.82 Å². The van der Waals surface area contributed by atoms with Crippen LogP contribution in [0.25, 0.3) is 0 Å². The molecule has 1 aromatic heterocycles. The van der Waals surface area contributed by atoms with E-state index in [-0.39, 0.29) is 36.5 Å². The average Bonchev–Trinajstić information content (AvgIpc) is 2.88. The van der Waals surface area contributed by atoms with Crippen molar-refractivity contribution < 1.29 is 13.9 Å². The van der Waals surface area contributed by atoms with E-state index in [4.69, 9.17) is 4.74 Å². The van der Waals surface area contributed by atoms with E-state index in [0.29, 0.717) is 36.5 Å². The lowest BCUT2D eigenvalue weighted by molar-refractivity contribution is -0.114. The first-order chi connectivity index (χ1) is 17.4. The Bertz CT molecular complexity index is 1400. The summed E-state index contributed by atoms with van der Waals surface area (Å²) >= 11 is 0. The van der Waals surface area contributed by atoms with Crippen molar-refractivity contribution in [2.45, 2.75) is 38.8 Å².